The Balaban J connectivity index is 1.72. The largest absolute Gasteiger partial charge is 0.351 e. The van der Waals surface area contributed by atoms with E-state index in [1.807, 2.05) is 0 Å². The first kappa shape index (κ1) is 16.1. The zero-order valence-corrected chi connectivity index (χ0v) is 14.0. The van der Waals surface area contributed by atoms with E-state index in [0.717, 1.165) is 0 Å². The van der Waals surface area contributed by atoms with Crippen LogP contribution in [0.15, 0.2) is 51.3 Å². The van der Waals surface area contributed by atoms with Gasteiger partial charge >= 0.3 is 0 Å². The van der Waals surface area contributed by atoms with Crippen molar-refractivity contribution >= 4 is 38.1 Å². The van der Waals surface area contributed by atoms with Gasteiger partial charge < -0.3 is 9.84 Å². The Morgan fingerprint density at radius 2 is 2.00 bits per heavy atom. The summed E-state index contributed by atoms with van der Waals surface area (Å²) >= 11 is 1.18. The minimum Gasteiger partial charge on any atom is -0.351 e. The number of nitrogens with one attached hydrogen (secondary N) is 2. The molecule has 2 aromatic heterocycles. The monoisotopic (exact) mass is 364 g/mol. The van der Waals surface area contributed by atoms with Crippen LogP contribution >= 0.6 is 11.3 Å². The Labute approximate surface area is 141 Å². The summed E-state index contributed by atoms with van der Waals surface area (Å²) in [6.07, 6.45) is 1.51. The quantitative estimate of drug-likeness (QED) is 0.719. The van der Waals surface area contributed by atoms with Gasteiger partial charge in [-0.2, -0.15) is 0 Å². The Bertz CT molecular complexity index is 947. The normalized spacial score (nSPS) is 11.2. The van der Waals surface area contributed by atoms with Crippen LogP contribution in [-0.2, 0) is 10.0 Å². The van der Waals surface area contributed by atoms with E-state index in [9.17, 15) is 13.2 Å². The molecule has 0 unspecified atom stereocenters. The van der Waals surface area contributed by atoms with Crippen LogP contribution in [0, 0.1) is 6.92 Å². The van der Waals surface area contributed by atoms with E-state index in [0.29, 0.717) is 11.4 Å². The molecule has 0 aliphatic rings. The summed E-state index contributed by atoms with van der Waals surface area (Å²) < 4.78 is 31.6. The fraction of sp³-hybridized carbons (Fsp3) is 0.0714. The zero-order valence-electron chi connectivity index (χ0n) is 12.4. The Morgan fingerprint density at radius 3 is 2.58 bits per heavy atom. The highest BCUT2D eigenvalue weighted by Gasteiger charge is 2.16. The van der Waals surface area contributed by atoms with Gasteiger partial charge in [-0.15, -0.1) is 11.3 Å². The number of hydrogen-bond acceptors (Lipinski definition) is 7. The third kappa shape index (κ3) is 3.60. The van der Waals surface area contributed by atoms with Gasteiger partial charge in [0.2, 0.25) is 5.76 Å². The molecule has 8 nitrogen and oxygen atoms in total. The van der Waals surface area contributed by atoms with Crippen LogP contribution in [0.2, 0.25) is 0 Å². The number of carbonyl (C=O) groups excluding carboxylic acids is 1. The van der Waals surface area contributed by atoms with Crippen molar-refractivity contribution in [2.24, 2.45) is 0 Å². The van der Waals surface area contributed by atoms with Crippen molar-refractivity contribution in [2.75, 3.05) is 10.0 Å². The molecule has 0 bridgehead atoms. The first-order chi connectivity index (χ1) is 11.4. The fourth-order valence-electron chi connectivity index (χ4n) is 1.83. The molecule has 10 heteroatoms. The molecule has 0 atom stereocenters. The molecule has 0 saturated heterocycles. The lowest BCUT2D eigenvalue weighted by molar-refractivity contribution is 0.0988. The molecule has 24 heavy (non-hydrogen) atoms. The molecular formula is C14H12N4O4S2. The van der Waals surface area contributed by atoms with Crippen molar-refractivity contribution in [1.82, 2.24) is 10.1 Å². The van der Waals surface area contributed by atoms with Gasteiger partial charge in [0, 0.05) is 23.3 Å². The van der Waals surface area contributed by atoms with Crippen LogP contribution in [-0.4, -0.2) is 24.5 Å². The van der Waals surface area contributed by atoms with Gasteiger partial charge in [0.15, 0.2) is 5.13 Å². The summed E-state index contributed by atoms with van der Waals surface area (Å²) in [5.74, 6) is -0.387. The van der Waals surface area contributed by atoms with Gasteiger partial charge in [-0.3, -0.25) is 9.52 Å². The standard InChI is InChI=1S/C14H12N4O4S2/c1-9-8-12(22-17-9)13(19)16-10-2-4-11(5-3-10)24(20,21)18-14-15-6-7-23-14/h2-8H,1H3,(H,15,18)(H,16,19). The molecule has 3 aromatic rings. The minimum absolute atomic E-state index is 0.0613. The maximum atomic E-state index is 12.2. The number of aromatic nitrogens is 2. The highest BCUT2D eigenvalue weighted by molar-refractivity contribution is 7.93. The molecule has 124 valence electrons. The molecule has 0 aliphatic carbocycles. The average molecular weight is 364 g/mol. The van der Waals surface area contributed by atoms with E-state index in [1.54, 1.807) is 12.3 Å². The molecule has 0 spiro atoms. The Hall–Kier alpha value is -2.72. The molecule has 0 fully saturated rings. The molecule has 2 N–H and O–H groups in total. The third-order valence-corrected chi connectivity index (χ3v) is 5.10. The number of benzene rings is 1. The van der Waals surface area contributed by atoms with Crippen molar-refractivity contribution in [3.63, 3.8) is 0 Å². The number of thiazole rings is 1. The van der Waals surface area contributed by atoms with E-state index in [1.165, 1.54) is 47.9 Å². The molecule has 1 amide bonds. The summed E-state index contributed by atoms with van der Waals surface area (Å²) in [7, 11) is -3.72. The van der Waals surface area contributed by atoms with Gasteiger partial charge in [0.1, 0.15) is 0 Å². The van der Waals surface area contributed by atoms with E-state index in [-0.39, 0.29) is 15.8 Å². The van der Waals surface area contributed by atoms with Crippen LogP contribution in [0.5, 0.6) is 0 Å². The van der Waals surface area contributed by atoms with Crippen molar-refractivity contribution in [1.29, 1.82) is 0 Å². The highest BCUT2D eigenvalue weighted by Crippen LogP contribution is 2.20. The molecule has 2 heterocycles. The van der Waals surface area contributed by atoms with Crippen LogP contribution < -0.4 is 10.0 Å². The number of sulfonamides is 1. The fourth-order valence-corrected chi connectivity index (χ4v) is 3.62. The predicted octanol–water partition coefficient (Wildman–Crippen LogP) is 2.49. The smallest absolute Gasteiger partial charge is 0.294 e. The Morgan fingerprint density at radius 1 is 1.25 bits per heavy atom. The molecule has 1 aromatic carbocycles. The van der Waals surface area contributed by atoms with Crippen molar-refractivity contribution in [3.05, 3.63) is 53.4 Å². The molecule has 3 rings (SSSR count). The van der Waals surface area contributed by atoms with Crippen molar-refractivity contribution < 1.29 is 17.7 Å². The summed E-state index contributed by atoms with van der Waals surface area (Å²) in [4.78, 5) is 15.9. The van der Waals surface area contributed by atoms with Gasteiger partial charge in [-0.25, -0.2) is 13.4 Å². The first-order valence-corrected chi connectivity index (χ1v) is 9.07. The number of nitrogens with zero attached hydrogens (tertiary/aromatic N) is 2. The average Bonchev–Trinajstić information content (AvgIpc) is 3.19. The number of carbonyl (C=O) groups is 1. The summed E-state index contributed by atoms with van der Waals surface area (Å²) in [6.45, 7) is 1.70. The lowest BCUT2D eigenvalue weighted by atomic mass is 10.3. The lowest BCUT2D eigenvalue weighted by Gasteiger charge is -2.07. The Kier molecular flexibility index (Phi) is 4.32. The number of amides is 1. The van der Waals surface area contributed by atoms with Crippen molar-refractivity contribution in [2.45, 2.75) is 11.8 Å². The van der Waals surface area contributed by atoms with E-state index < -0.39 is 15.9 Å². The van der Waals surface area contributed by atoms with Gasteiger partial charge in [0.25, 0.3) is 15.9 Å². The summed E-state index contributed by atoms with van der Waals surface area (Å²) in [5, 5.41) is 8.18. The molecule has 0 saturated carbocycles. The lowest BCUT2D eigenvalue weighted by Crippen LogP contribution is -2.13. The van der Waals surface area contributed by atoms with Crippen LogP contribution in [0.4, 0.5) is 10.8 Å². The van der Waals surface area contributed by atoms with Gasteiger partial charge in [-0.1, -0.05) is 5.16 Å². The second-order valence-electron chi connectivity index (χ2n) is 4.75. The van der Waals surface area contributed by atoms with E-state index in [2.05, 4.69) is 20.2 Å². The summed E-state index contributed by atoms with van der Waals surface area (Å²) in [6, 6.07) is 7.25. The zero-order chi connectivity index (χ0) is 17.2. The van der Waals surface area contributed by atoms with Crippen LogP contribution in [0.1, 0.15) is 16.2 Å². The topological polar surface area (TPSA) is 114 Å². The minimum atomic E-state index is -3.72. The van der Waals surface area contributed by atoms with Gasteiger partial charge in [0.05, 0.1) is 10.6 Å². The number of anilines is 2. The van der Waals surface area contributed by atoms with Crippen LogP contribution in [0.3, 0.4) is 0 Å². The number of rotatable bonds is 5. The molecule has 0 radical (unpaired) electrons. The number of aryl methyl sites for hydroxylation is 1. The first-order valence-electron chi connectivity index (χ1n) is 6.71. The highest BCUT2D eigenvalue weighted by atomic mass is 32.2. The third-order valence-electron chi connectivity index (χ3n) is 2.93. The van der Waals surface area contributed by atoms with Gasteiger partial charge in [-0.05, 0) is 31.2 Å². The van der Waals surface area contributed by atoms with E-state index in [4.69, 9.17) is 4.52 Å². The molecular weight excluding hydrogens is 352 g/mol. The predicted molar refractivity (Wildman–Crippen MR) is 88.6 cm³/mol. The number of hydrogen-bond donors (Lipinski definition) is 2. The van der Waals surface area contributed by atoms with Crippen molar-refractivity contribution in [3.8, 4) is 0 Å². The summed E-state index contributed by atoms with van der Waals surface area (Å²) in [5.41, 5.74) is 1.03. The molecule has 0 aliphatic heterocycles. The second-order valence-corrected chi connectivity index (χ2v) is 7.33. The SMILES string of the molecule is Cc1cc(C(=O)Nc2ccc(S(=O)(=O)Nc3nccs3)cc2)on1. The van der Waals surface area contributed by atoms with Crippen LogP contribution in [0.25, 0.3) is 0 Å². The maximum absolute atomic E-state index is 12.2. The van der Waals surface area contributed by atoms with E-state index >= 15 is 0 Å². The maximum Gasteiger partial charge on any atom is 0.294 e. The second kappa shape index (κ2) is 6.42.